The fourth-order valence-corrected chi connectivity index (χ4v) is 4.95. The number of nitrogens with zero attached hydrogens (tertiary/aromatic N) is 2. The summed E-state index contributed by atoms with van der Waals surface area (Å²) in [5, 5.41) is 5.29. The quantitative estimate of drug-likeness (QED) is 0.431. The van der Waals surface area contributed by atoms with E-state index < -0.39 is 0 Å². The molecule has 0 spiro atoms. The maximum Gasteiger partial charge on any atom is 0.237 e. The van der Waals surface area contributed by atoms with Gasteiger partial charge in [0.15, 0.2) is 0 Å². The lowest BCUT2D eigenvalue weighted by Gasteiger charge is -2.16. The Labute approximate surface area is 166 Å². The Hall–Kier alpha value is -1.63. The fraction of sp³-hybridized carbons (Fsp3) is 0.316. The number of rotatable bonds is 5. The first-order chi connectivity index (χ1) is 12.4. The maximum atomic E-state index is 12.8. The van der Waals surface area contributed by atoms with Crippen LogP contribution < -0.4 is 5.32 Å². The molecular formula is C19H20ClN3OS2. The molecule has 136 valence electrons. The van der Waals surface area contributed by atoms with E-state index in [9.17, 15) is 4.79 Å². The molecule has 1 atom stereocenters. The number of anilines is 1. The molecule has 2 heterocycles. The predicted molar refractivity (Wildman–Crippen MR) is 112 cm³/mol. The molecule has 0 aliphatic carbocycles. The van der Waals surface area contributed by atoms with Crippen LogP contribution in [0.15, 0.2) is 29.6 Å². The summed E-state index contributed by atoms with van der Waals surface area (Å²) >= 11 is 9.21. The molecule has 1 N–H and O–H groups in total. The zero-order valence-corrected chi connectivity index (χ0v) is 17.5. The van der Waals surface area contributed by atoms with Crippen molar-refractivity contribution in [3.8, 4) is 0 Å². The van der Waals surface area contributed by atoms with E-state index in [4.69, 9.17) is 11.6 Å². The topological polar surface area (TPSA) is 54.9 Å². The molecule has 0 aliphatic heterocycles. The number of nitrogens with one attached hydrogen (secondary N) is 1. The van der Waals surface area contributed by atoms with Crippen molar-refractivity contribution < 1.29 is 4.79 Å². The molecule has 1 unspecified atom stereocenters. The third-order valence-electron chi connectivity index (χ3n) is 4.31. The standard InChI is InChI=1S/C19H20ClN3OS2/c1-5-15(17(24)23-14-8-13(20)7-6-10(14)2)26-19-16-11(3)12(4)25-18(16)21-9-22-19/h6-9,15H,5H2,1-4H3,(H,23,24). The number of thiophene rings is 1. The molecule has 1 aromatic carbocycles. The molecule has 7 heteroatoms. The van der Waals surface area contributed by atoms with Gasteiger partial charge in [0.05, 0.1) is 5.25 Å². The van der Waals surface area contributed by atoms with Crippen LogP contribution >= 0.6 is 34.7 Å². The summed E-state index contributed by atoms with van der Waals surface area (Å²) in [5.41, 5.74) is 2.92. The highest BCUT2D eigenvalue weighted by atomic mass is 35.5. The second-order valence-electron chi connectivity index (χ2n) is 6.11. The molecule has 0 saturated carbocycles. The molecule has 3 rings (SSSR count). The molecule has 2 aromatic heterocycles. The van der Waals surface area contributed by atoms with Gasteiger partial charge in [-0.15, -0.1) is 11.3 Å². The number of hydrogen-bond acceptors (Lipinski definition) is 5. The van der Waals surface area contributed by atoms with Crippen LogP contribution in [0.2, 0.25) is 5.02 Å². The van der Waals surface area contributed by atoms with Gasteiger partial charge in [0.25, 0.3) is 0 Å². The Bertz CT molecular complexity index is 971. The number of carbonyl (C=O) groups excluding carboxylic acids is 1. The second kappa shape index (κ2) is 7.94. The van der Waals surface area contributed by atoms with Gasteiger partial charge in [-0.3, -0.25) is 4.79 Å². The normalized spacial score (nSPS) is 12.3. The van der Waals surface area contributed by atoms with E-state index in [1.54, 1.807) is 23.7 Å². The van der Waals surface area contributed by atoms with Crippen LogP contribution in [0.3, 0.4) is 0 Å². The Kier molecular flexibility index (Phi) is 5.85. The first-order valence-electron chi connectivity index (χ1n) is 8.35. The molecule has 0 radical (unpaired) electrons. The van der Waals surface area contributed by atoms with E-state index in [2.05, 4.69) is 29.1 Å². The van der Waals surface area contributed by atoms with E-state index in [-0.39, 0.29) is 11.2 Å². The zero-order valence-electron chi connectivity index (χ0n) is 15.1. The van der Waals surface area contributed by atoms with Crippen molar-refractivity contribution in [1.29, 1.82) is 0 Å². The van der Waals surface area contributed by atoms with Crippen molar-refractivity contribution in [3.63, 3.8) is 0 Å². The zero-order chi connectivity index (χ0) is 18.8. The van der Waals surface area contributed by atoms with Crippen LogP contribution in [-0.2, 0) is 4.79 Å². The first-order valence-corrected chi connectivity index (χ1v) is 10.4. The van der Waals surface area contributed by atoms with Crippen LogP contribution in [0.1, 0.15) is 29.3 Å². The predicted octanol–water partition coefficient (Wildman–Crippen LogP) is 5.78. The SMILES string of the molecule is CCC(Sc1ncnc2sc(C)c(C)c12)C(=O)Nc1cc(Cl)ccc1C. The number of hydrogen-bond donors (Lipinski definition) is 1. The Morgan fingerprint density at radius 3 is 2.81 bits per heavy atom. The Morgan fingerprint density at radius 2 is 2.08 bits per heavy atom. The number of aromatic nitrogens is 2. The molecule has 0 bridgehead atoms. The third kappa shape index (κ3) is 3.87. The minimum Gasteiger partial charge on any atom is -0.325 e. The fourth-order valence-electron chi connectivity index (χ4n) is 2.64. The van der Waals surface area contributed by atoms with Gasteiger partial charge in [0.1, 0.15) is 16.2 Å². The summed E-state index contributed by atoms with van der Waals surface area (Å²) in [6.07, 6.45) is 2.27. The lowest BCUT2D eigenvalue weighted by atomic mass is 10.2. The van der Waals surface area contributed by atoms with Gasteiger partial charge in [0, 0.05) is 21.0 Å². The van der Waals surface area contributed by atoms with Crippen molar-refractivity contribution >= 4 is 56.5 Å². The molecule has 0 aliphatic rings. The van der Waals surface area contributed by atoms with E-state index in [1.807, 2.05) is 26.0 Å². The molecule has 1 amide bonds. The van der Waals surface area contributed by atoms with E-state index in [0.717, 1.165) is 26.5 Å². The van der Waals surface area contributed by atoms with Gasteiger partial charge >= 0.3 is 0 Å². The number of aryl methyl sites for hydroxylation is 3. The average Bonchev–Trinajstić information content (AvgIpc) is 2.91. The molecular weight excluding hydrogens is 386 g/mol. The number of amides is 1. The second-order valence-corrected chi connectivity index (χ2v) is 8.94. The lowest BCUT2D eigenvalue weighted by molar-refractivity contribution is -0.115. The maximum absolute atomic E-state index is 12.8. The molecule has 0 saturated heterocycles. The molecule has 0 fully saturated rings. The van der Waals surface area contributed by atoms with Crippen molar-refractivity contribution in [2.75, 3.05) is 5.32 Å². The van der Waals surface area contributed by atoms with Crippen molar-refractivity contribution in [1.82, 2.24) is 9.97 Å². The number of thioether (sulfide) groups is 1. The van der Waals surface area contributed by atoms with Gasteiger partial charge in [-0.1, -0.05) is 36.4 Å². The highest BCUT2D eigenvalue weighted by Gasteiger charge is 2.22. The summed E-state index contributed by atoms with van der Waals surface area (Å²) in [6.45, 7) is 8.12. The van der Waals surface area contributed by atoms with Gasteiger partial charge in [-0.05, 0) is 50.5 Å². The van der Waals surface area contributed by atoms with Crippen molar-refractivity contribution in [2.45, 2.75) is 44.4 Å². The number of benzene rings is 1. The van der Waals surface area contributed by atoms with Crippen LogP contribution in [0, 0.1) is 20.8 Å². The van der Waals surface area contributed by atoms with Gasteiger partial charge < -0.3 is 5.32 Å². The average molecular weight is 406 g/mol. The lowest BCUT2D eigenvalue weighted by Crippen LogP contribution is -2.25. The monoisotopic (exact) mass is 405 g/mol. The van der Waals surface area contributed by atoms with Crippen LogP contribution in [0.4, 0.5) is 5.69 Å². The van der Waals surface area contributed by atoms with E-state index in [1.165, 1.54) is 22.2 Å². The molecule has 26 heavy (non-hydrogen) atoms. The largest absolute Gasteiger partial charge is 0.325 e. The van der Waals surface area contributed by atoms with E-state index in [0.29, 0.717) is 11.4 Å². The number of fused-ring (bicyclic) bond motifs is 1. The highest BCUT2D eigenvalue weighted by molar-refractivity contribution is 8.00. The summed E-state index contributed by atoms with van der Waals surface area (Å²) in [5.74, 6) is -0.0424. The first kappa shape index (κ1) is 19.1. The number of halogens is 1. The summed E-state index contributed by atoms with van der Waals surface area (Å²) in [6, 6.07) is 5.50. The number of carbonyl (C=O) groups is 1. The van der Waals surface area contributed by atoms with Crippen LogP contribution in [0.25, 0.3) is 10.2 Å². The van der Waals surface area contributed by atoms with Gasteiger partial charge in [-0.25, -0.2) is 9.97 Å². The summed E-state index contributed by atoms with van der Waals surface area (Å²) < 4.78 is 0. The molecule has 3 aromatic rings. The van der Waals surface area contributed by atoms with Crippen molar-refractivity contribution in [3.05, 3.63) is 45.6 Å². The minimum atomic E-state index is -0.244. The smallest absolute Gasteiger partial charge is 0.237 e. The van der Waals surface area contributed by atoms with Gasteiger partial charge in [-0.2, -0.15) is 0 Å². The Morgan fingerprint density at radius 1 is 1.31 bits per heavy atom. The third-order valence-corrected chi connectivity index (χ3v) is 7.02. The minimum absolute atomic E-state index is 0.0424. The van der Waals surface area contributed by atoms with Crippen molar-refractivity contribution in [2.24, 2.45) is 0 Å². The van der Waals surface area contributed by atoms with Crippen LogP contribution in [-0.4, -0.2) is 21.1 Å². The highest BCUT2D eigenvalue weighted by Crippen LogP contribution is 2.37. The van der Waals surface area contributed by atoms with Crippen LogP contribution in [0.5, 0.6) is 0 Å². The van der Waals surface area contributed by atoms with E-state index >= 15 is 0 Å². The Balaban J connectivity index is 1.86. The molecule has 4 nitrogen and oxygen atoms in total. The summed E-state index contributed by atoms with van der Waals surface area (Å²) in [4.78, 5) is 23.8. The summed E-state index contributed by atoms with van der Waals surface area (Å²) in [7, 11) is 0. The van der Waals surface area contributed by atoms with Gasteiger partial charge in [0.2, 0.25) is 5.91 Å².